The van der Waals surface area contributed by atoms with Gasteiger partial charge in [0.25, 0.3) is 0 Å². The molecule has 5 atom stereocenters. The van der Waals surface area contributed by atoms with Crippen LogP contribution in [0.25, 0.3) is 20.9 Å². The van der Waals surface area contributed by atoms with Crippen molar-refractivity contribution in [2.24, 2.45) is 11.8 Å². The van der Waals surface area contributed by atoms with Crippen LogP contribution >= 0.6 is 44.3 Å². The molecule has 2 aliphatic rings. The highest BCUT2D eigenvalue weighted by Gasteiger charge is 2.42. The van der Waals surface area contributed by atoms with Crippen molar-refractivity contribution in [1.82, 2.24) is 41.0 Å². The second-order valence-electron chi connectivity index (χ2n) is 18.6. The maximum atomic E-state index is 14.4. The highest BCUT2D eigenvalue weighted by molar-refractivity contribution is 8.76. The summed E-state index contributed by atoms with van der Waals surface area (Å²) in [5.41, 5.74) is 9.41. The third-order valence-corrected chi connectivity index (χ3v) is 16.7. The molecule has 0 aliphatic carbocycles. The van der Waals surface area contributed by atoms with E-state index in [-0.39, 0.29) is 79.3 Å². The van der Waals surface area contributed by atoms with Crippen molar-refractivity contribution in [3.8, 4) is 20.9 Å². The Hall–Kier alpha value is -4.82. The fraction of sp³-hybridized carbons (Fsp3) is 0.520. The van der Waals surface area contributed by atoms with E-state index >= 15 is 0 Å². The molecule has 0 radical (unpaired) electrons. The zero-order valence-electron chi connectivity index (χ0n) is 40.3. The standard InChI is InChI=1S/C50H66N8O7S4/c1-30(2)9-19-43(60)55-39(49(64)57-21-7-8-41(57)47(62)51-23-34-11-15-36(16-12-34)45-32(5)53-28-66-45)26-68-69-27-40(56-44(61)20-10-31(3)4)50(65)58-25-38(59)22-42(58)48(63)52-24-35-13-17-37(18-14-35)46-33(6)54-29-67-46/h11-18,28-31,38-42,59H,7-10,19-27H2,1-6H3,(H,51,62)(H,52,63)(H,55,60)(H,56,61)/t38-,39-,40+,41-,42+/m0/s1. The van der Waals surface area contributed by atoms with Crippen molar-refractivity contribution in [1.29, 1.82) is 0 Å². The van der Waals surface area contributed by atoms with Gasteiger partial charge < -0.3 is 36.2 Å². The molecule has 19 heteroatoms. The van der Waals surface area contributed by atoms with Gasteiger partial charge in [-0.1, -0.05) is 97.8 Å². The van der Waals surface area contributed by atoms with Gasteiger partial charge in [0, 0.05) is 56.9 Å². The number of rotatable bonds is 23. The van der Waals surface area contributed by atoms with Gasteiger partial charge in [-0.2, -0.15) is 0 Å². The minimum atomic E-state index is -1.04. The number of aliphatic hydroxyl groups is 1. The fourth-order valence-corrected chi connectivity index (χ4v) is 12.2. The average molecular weight is 1020 g/mol. The largest absolute Gasteiger partial charge is 0.391 e. The van der Waals surface area contributed by atoms with Gasteiger partial charge in [-0.05, 0) is 73.6 Å². The first-order chi connectivity index (χ1) is 33.1. The molecule has 5 N–H and O–H groups in total. The number of β-amino-alcohol motifs (C(OH)–C–C–N with tert-alkyl or cyclic N) is 1. The molecule has 0 spiro atoms. The smallest absolute Gasteiger partial charge is 0.246 e. The molecule has 2 aliphatic heterocycles. The number of aliphatic hydroxyl groups excluding tert-OH is 1. The van der Waals surface area contributed by atoms with Crippen molar-refractivity contribution < 1.29 is 33.9 Å². The van der Waals surface area contributed by atoms with Gasteiger partial charge in [0.2, 0.25) is 35.4 Å². The molecule has 15 nitrogen and oxygen atoms in total. The number of hydrogen-bond acceptors (Lipinski definition) is 13. The van der Waals surface area contributed by atoms with Crippen molar-refractivity contribution >= 4 is 79.7 Å². The second-order valence-corrected chi connectivity index (χ2v) is 22.9. The predicted molar refractivity (Wildman–Crippen MR) is 276 cm³/mol. The fourth-order valence-electron chi connectivity index (χ4n) is 8.28. The number of aromatic nitrogens is 2. The lowest BCUT2D eigenvalue weighted by molar-refractivity contribution is -0.141. The monoisotopic (exact) mass is 1020 g/mol. The number of amides is 6. The number of thiazole rings is 2. The highest BCUT2D eigenvalue weighted by Crippen LogP contribution is 2.30. The van der Waals surface area contributed by atoms with E-state index in [0.29, 0.717) is 38.8 Å². The van der Waals surface area contributed by atoms with Crippen molar-refractivity contribution in [2.75, 3.05) is 24.6 Å². The van der Waals surface area contributed by atoms with Gasteiger partial charge in [-0.3, -0.25) is 28.8 Å². The number of likely N-dealkylation sites (tertiary alicyclic amines) is 2. The molecule has 2 fully saturated rings. The number of benzene rings is 2. The summed E-state index contributed by atoms with van der Waals surface area (Å²) in [4.78, 5) is 96.3. The normalized spacial score (nSPS) is 17.8. The third kappa shape index (κ3) is 15.3. The lowest BCUT2D eigenvalue weighted by atomic mass is 10.1. The quantitative estimate of drug-likeness (QED) is 0.0393. The molecule has 372 valence electrons. The molecule has 4 aromatic rings. The van der Waals surface area contributed by atoms with Gasteiger partial charge in [0.1, 0.15) is 24.2 Å². The first kappa shape index (κ1) is 53.5. The maximum absolute atomic E-state index is 14.4. The van der Waals surface area contributed by atoms with Crippen LogP contribution in [-0.2, 0) is 41.9 Å². The minimum absolute atomic E-state index is 0.0494. The Morgan fingerprint density at radius 2 is 1.13 bits per heavy atom. The van der Waals surface area contributed by atoms with Crippen LogP contribution in [0.4, 0.5) is 0 Å². The van der Waals surface area contributed by atoms with E-state index in [2.05, 4.69) is 31.2 Å². The summed E-state index contributed by atoms with van der Waals surface area (Å²) in [6, 6.07) is 12.1. The molecule has 69 heavy (non-hydrogen) atoms. The van der Waals surface area contributed by atoms with E-state index in [0.717, 1.165) is 43.4 Å². The van der Waals surface area contributed by atoms with E-state index in [9.17, 15) is 33.9 Å². The van der Waals surface area contributed by atoms with Crippen LogP contribution in [0.15, 0.2) is 59.6 Å². The summed E-state index contributed by atoms with van der Waals surface area (Å²) in [6.07, 6.45) is 1.93. The molecule has 6 rings (SSSR count). The van der Waals surface area contributed by atoms with E-state index in [4.69, 9.17) is 0 Å². The third-order valence-electron chi connectivity index (χ3n) is 12.3. The van der Waals surface area contributed by atoms with Gasteiger partial charge >= 0.3 is 0 Å². The van der Waals surface area contributed by atoms with Crippen molar-refractivity contribution in [2.45, 2.75) is 130 Å². The van der Waals surface area contributed by atoms with E-state index < -0.39 is 42.1 Å². The molecule has 2 saturated heterocycles. The molecule has 2 aromatic heterocycles. The highest BCUT2D eigenvalue weighted by atomic mass is 33.1. The molecule has 4 heterocycles. The van der Waals surface area contributed by atoms with Gasteiger partial charge in [-0.25, -0.2) is 9.97 Å². The molecular formula is C50H66N8O7S4. The summed E-state index contributed by atoms with van der Waals surface area (Å²) in [5.74, 6) is -1.34. The van der Waals surface area contributed by atoms with E-state index in [1.807, 2.05) is 95.6 Å². The van der Waals surface area contributed by atoms with Crippen LogP contribution in [0.1, 0.15) is 95.2 Å². The number of nitrogens with zero attached hydrogens (tertiary/aromatic N) is 4. The summed E-state index contributed by atoms with van der Waals surface area (Å²) in [5, 5.41) is 22.6. The van der Waals surface area contributed by atoms with Crippen LogP contribution in [-0.4, -0.2) is 115 Å². The van der Waals surface area contributed by atoms with Crippen LogP contribution in [0.5, 0.6) is 0 Å². The zero-order valence-corrected chi connectivity index (χ0v) is 43.6. The minimum Gasteiger partial charge on any atom is -0.391 e. The average Bonchev–Trinajstić information content (AvgIpc) is 4.17. The number of carbonyl (C=O) groups excluding carboxylic acids is 6. The van der Waals surface area contributed by atoms with Crippen LogP contribution in [0.3, 0.4) is 0 Å². The number of carbonyl (C=O) groups is 6. The lowest BCUT2D eigenvalue weighted by Gasteiger charge is -2.29. The number of aryl methyl sites for hydroxylation is 2. The Bertz CT molecular complexity index is 2370. The van der Waals surface area contributed by atoms with Gasteiger partial charge in [0.15, 0.2) is 0 Å². The topological polar surface area (TPSA) is 203 Å². The van der Waals surface area contributed by atoms with Crippen molar-refractivity contribution in [3.05, 3.63) is 82.1 Å². The Morgan fingerprint density at radius 1 is 0.681 bits per heavy atom. The van der Waals surface area contributed by atoms with Crippen LogP contribution < -0.4 is 21.3 Å². The Kier molecular flexibility index (Phi) is 20.1. The zero-order chi connectivity index (χ0) is 49.6. The van der Waals surface area contributed by atoms with E-state index in [1.54, 1.807) is 33.1 Å². The molecular weight excluding hydrogens is 953 g/mol. The van der Waals surface area contributed by atoms with Crippen LogP contribution in [0, 0.1) is 25.7 Å². The van der Waals surface area contributed by atoms with Crippen molar-refractivity contribution in [3.63, 3.8) is 0 Å². The molecule has 2 aromatic carbocycles. The Labute approximate surface area is 421 Å². The molecule has 6 amide bonds. The molecule has 0 bridgehead atoms. The first-order valence-electron chi connectivity index (χ1n) is 23.7. The predicted octanol–water partition coefficient (Wildman–Crippen LogP) is 6.66. The maximum Gasteiger partial charge on any atom is 0.246 e. The molecule has 0 unspecified atom stereocenters. The van der Waals surface area contributed by atoms with Gasteiger partial charge in [0.05, 0.1) is 38.3 Å². The summed E-state index contributed by atoms with van der Waals surface area (Å²) < 4.78 is 0. The Balaban J connectivity index is 1.08. The SMILES string of the molecule is Cc1ncsc1-c1ccc(CNC(=O)[C@H]2C[C@H](O)CN2C(=O)[C@@H](CSSC[C@H](NC(=O)CCC(C)C)C(=O)N2CCC[C@H]2C(=O)NCc2ccc(-c3scnc3C)cc2)NC(=O)CCC(C)C)cc1. The van der Waals surface area contributed by atoms with Gasteiger partial charge in [-0.15, -0.1) is 22.7 Å². The second kappa shape index (κ2) is 25.9. The lowest BCUT2D eigenvalue weighted by Crippen LogP contribution is -2.54. The molecule has 0 saturated carbocycles. The summed E-state index contributed by atoms with van der Waals surface area (Å²) >= 11 is 3.14. The van der Waals surface area contributed by atoms with E-state index in [1.165, 1.54) is 26.5 Å². The number of hydrogen-bond donors (Lipinski definition) is 5. The first-order valence-corrected chi connectivity index (χ1v) is 28.0. The summed E-state index contributed by atoms with van der Waals surface area (Å²) in [7, 11) is 2.54. The Morgan fingerprint density at radius 3 is 1.57 bits per heavy atom. The van der Waals surface area contributed by atoms with Crippen LogP contribution in [0.2, 0.25) is 0 Å². The number of nitrogens with one attached hydrogen (secondary N) is 4. The summed E-state index contributed by atoms with van der Waals surface area (Å²) in [6.45, 7) is 12.8.